The Hall–Kier alpha value is -1.14. The topological polar surface area (TPSA) is 85.4 Å². The molecule has 0 aromatic heterocycles. The third kappa shape index (κ3) is 0.908. The quantitative estimate of drug-likeness (QED) is 0.542. The lowest BCUT2D eigenvalue weighted by molar-refractivity contribution is -0.201. The molecule has 3 heterocycles. The molecule has 5 fully saturated rings. The monoisotopic (exact) mass is 294 g/mol. The minimum absolute atomic E-state index is 0.133. The van der Waals surface area contributed by atoms with Crippen LogP contribution in [0.1, 0.15) is 27.2 Å². The molecule has 3 aliphatic heterocycles. The van der Waals surface area contributed by atoms with E-state index in [9.17, 15) is 14.7 Å². The Morgan fingerprint density at radius 3 is 2.62 bits per heavy atom. The van der Waals surface area contributed by atoms with Crippen molar-refractivity contribution in [3.05, 3.63) is 0 Å². The fourth-order valence-electron chi connectivity index (χ4n) is 5.77. The molecule has 1 N–H and O–H groups in total. The van der Waals surface area contributed by atoms with Gasteiger partial charge in [0.05, 0.1) is 11.3 Å². The molecule has 5 rings (SSSR count). The van der Waals surface area contributed by atoms with Gasteiger partial charge in [-0.05, 0) is 18.3 Å². The molecule has 2 saturated carbocycles. The van der Waals surface area contributed by atoms with Crippen molar-refractivity contribution in [2.45, 2.75) is 56.7 Å². The van der Waals surface area contributed by atoms with Crippen molar-refractivity contribution in [3.8, 4) is 0 Å². The summed E-state index contributed by atoms with van der Waals surface area (Å²) in [5.41, 5.74) is -2.74. The minimum Gasteiger partial charge on any atom is -0.455 e. The van der Waals surface area contributed by atoms with Crippen LogP contribution >= 0.6 is 0 Å². The van der Waals surface area contributed by atoms with Crippen molar-refractivity contribution in [1.29, 1.82) is 0 Å². The molecule has 5 aliphatic rings. The summed E-state index contributed by atoms with van der Waals surface area (Å²) in [5, 5.41) is 11.2. The lowest BCUT2D eigenvalue weighted by Gasteiger charge is -2.50. The Kier molecular flexibility index (Phi) is 1.77. The number of carbonyl (C=O) groups is 2. The highest BCUT2D eigenvalue weighted by atomic mass is 16.7. The van der Waals surface area contributed by atoms with Crippen LogP contribution in [0.3, 0.4) is 0 Å². The van der Waals surface area contributed by atoms with E-state index in [-0.39, 0.29) is 29.9 Å². The summed E-state index contributed by atoms with van der Waals surface area (Å²) >= 11 is 0. The minimum atomic E-state index is -1.27. The summed E-state index contributed by atoms with van der Waals surface area (Å²) < 4.78 is 16.7. The van der Waals surface area contributed by atoms with Crippen molar-refractivity contribution in [2.75, 3.05) is 0 Å². The number of carbonyl (C=O) groups excluding carboxylic acids is 2. The molecular formula is C15H18O6. The van der Waals surface area contributed by atoms with E-state index >= 15 is 0 Å². The number of aliphatic hydroxyl groups is 1. The third-order valence-corrected chi connectivity index (χ3v) is 6.94. The van der Waals surface area contributed by atoms with Crippen LogP contribution in [0, 0.1) is 23.2 Å². The maximum absolute atomic E-state index is 12.4. The van der Waals surface area contributed by atoms with Crippen molar-refractivity contribution in [2.24, 2.45) is 23.2 Å². The maximum atomic E-state index is 12.4. The Morgan fingerprint density at radius 1 is 1.24 bits per heavy atom. The molecule has 21 heavy (non-hydrogen) atoms. The second kappa shape index (κ2) is 2.99. The van der Waals surface area contributed by atoms with Gasteiger partial charge in [-0.3, -0.25) is 4.79 Å². The lowest BCUT2D eigenvalue weighted by Crippen LogP contribution is -2.66. The predicted molar refractivity (Wildman–Crippen MR) is 66.9 cm³/mol. The van der Waals surface area contributed by atoms with Gasteiger partial charge < -0.3 is 19.3 Å². The molecule has 1 spiro atoms. The Balaban J connectivity index is 1.74. The zero-order valence-corrected chi connectivity index (χ0v) is 12.2. The normalized spacial score (nSPS) is 62.4. The summed E-state index contributed by atoms with van der Waals surface area (Å²) in [5.74, 6) is -1.59. The van der Waals surface area contributed by atoms with E-state index in [1.807, 2.05) is 20.8 Å². The van der Waals surface area contributed by atoms with Crippen LogP contribution in [0.2, 0.25) is 0 Å². The van der Waals surface area contributed by atoms with E-state index < -0.39 is 34.7 Å². The smallest absolute Gasteiger partial charge is 0.342 e. The van der Waals surface area contributed by atoms with Gasteiger partial charge in [0.1, 0.15) is 11.7 Å². The number of ether oxygens (including phenoxy) is 3. The molecule has 2 aliphatic carbocycles. The molecule has 0 radical (unpaired) electrons. The standard InChI is InChI=1S/C15H18O6/c1-5(2)14(18)8-6-4-7-15(21-7)12(17)20-9(13(6,15)3)10(14)19-11(8)16/h5-10,18H,4H2,1-3H3. The van der Waals surface area contributed by atoms with E-state index in [0.717, 1.165) is 0 Å². The third-order valence-electron chi connectivity index (χ3n) is 6.94. The molecule has 0 aromatic carbocycles. The number of hydrogen-bond acceptors (Lipinski definition) is 6. The van der Waals surface area contributed by atoms with Gasteiger partial charge in [-0.1, -0.05) is 20.8 Å². The highest BCUT2D eigenvalue weighted by Gasteiger charge is 2.92. The first kappa shape index (κ1) is 12.4. The molecule has 8 unspecified atom stereocenters. The van der Waals surface area contributed by atoms with Crippen molar-refractivity contribution >= 4 is 11.9 Å². The molecule has 2 bridgehead atoms. The number of rotatable bonds is 1. The lowest BCUT2D eigenvalue weighted by atomic mass is 9.53. The van der Waals surface area contributed by atoms with Gasteiger partial charge in [-0.15, -0.1) is 0 Å². The number of esters is 2. The van der Waals surface area contributed by atoms with Gasteiger partial charge in [0.15, 0.2) is 12.2 Å². The van der Waals surface area contributed by atoms with E-state index in [1.165, 1.54) is 0 Å². The van der Waals surface area contributed by atoms with Crippen LogP contribution in [0.15, 0.2) is 0 Å². The molecule has 6 nitrogen and oxygen atoms in total. The maximum Gasteiger partial charge on any atom is 0.342 e. The number of fused-ring (bicyclic) bond motifs is 4. The number of hydrogen-bond donors (Lipinski definition) is 1. The highest BCUT2D eigenvalue weighted by molar-refractivity contribution is 5.90. The molecule has 114 valence electrons. The van der Waals surface area contributed by atoms with Crippen molar-refractivity contribution in [3.63, 3.8) is 0 Å². The average molecular weight is 294 g/mol. The Morgan fingerprint density at radius 2 is 1.95 bits per heavy atom. The van der Waals surface area contributed by atoms with Gasteiger partial charge in [0.2, 0.25) is 5.60 Å². The van der Waals surface area contributed by atoms with E-state index in [1.54, 1.807) is 0 Å². The Bertz CT molecular complexity index is 597. The second-order valence-corrected chi connectivity index (χ2v) is 7.67. The van der Waals surface area contributed by atoms with Gasteiger partial charge in [0.25, 0.3) is 0 Å². The molecule has 6 heteroatoms. The van der Waals surface area contributed by atoms with Crippen LogP contribution in [-0.2, 0) is 23.8 Å². The van der Waals surface area contributed by atoms with E-state index in [2.05, 4.69) is 0 Å². The first-order chi connectivity index (χ1) is 9.79. The molecule has 8 atom stereocenters. The summed E-state index contributed by atoms with van der Waals surface area (Å²) in [6.07, 6.45) is -0.961. The second-order valence-electron chi connectivity index (χ2n) is 7.67. The zero-order valence-electron chi connectivity index (χ0n) is 12.2. The molecule has 0 aromatic rings. The predicted octanol–water partition coefficient (Wildman–Crippen LogP) is 0.0179. The molecule has 0 amide bonds. The summed E-state index contributed by atoms with van der Waals surface area (Å²) in [6, 6.07) is 0. The van der Waals surface area contributed by atoms with E-state index in [4.69, 9.17) is 14.2 Å². The van der Waals surface area contributed by atoms with Gasteiger partial charge in [0, 0.05) is 0 Å². The van der Waals surface area contributed by atoms with Gasteiger partial charge in [-0.25, -0.2) is 4.79 Å². The first-order valence-corrected chi connectivity index (χ1v) is 7.61. The van der Waals surface area contributed by atoms with Crippen molar-refractivity contribution in [1.82, 2.24) is 0 Å². The van der Waals surface area contributed by atoms with Crippen molar-refractivity contribution < 1.29 is 28.9 Å². The van der Waals surface area contributed by atoms with Gasteiger partial charge in [-0.2, -0.15) is 0 Å². The van der Waals surface area contributed by atoms with Crippen LogP contribution in [-0.4, -0.2) is 46.6 Å². The zero-order chi connectivity index (χ0) is 14.9. The summed E-state index contributed by atoms with van der Waals surface area (Å²) in [6.45, 7) is 5.72. The van der Waals surface area contributed by atoms with Crippen LogP contribution in [0.25, 0.3) is 0 Å². The summed E-state index contributed by atoms with van der Waals surface area (Å²) in [7, 11) is 0. The first-order valence-electron chi connectivity index (χ1n) is 7.61. The average Bonchev–Trinajstić information content (AvgIpc) is 2.95. The molecule has 3 saturated heterocycles. The fourth-order valence-corrected chi connectivity index (χ4v) is 5.77. The van der Waals surface area contributed by atoms with Crippen LogP contribution < -0.4 is 0 Å². The fraction of sp³-hybridized carbons (Fsp3) is 0.867. The highest BCUT2D eigenvalue weighted by Crippen LogP contribution is 2.76. The van der Waals surface area contributed by atoms with Crippen LogP contribution in [0.5, 0.6) is 0 Å². The molecular weight excluding hydrogens is 276 g/mol. The SMILES string of the molecule is CC(C)C1(O)C2OC(=O)C1C1CC3OC34C(=O)OC2C14C. The van der Waals surface area contributed by atoms with Crippen LogP contribution in [0.4, 0.5) is 0 Å². The number of epoxide rings is 1. The summed E-state index contributed by atoms with van der Waals surface area (Å²) in [4.78, 5) is 24.7. The van der Waals surface area contributed by atoms with Gasteiger partial charge >= 0.3 is 11.9 Å². The van der Waals surface area contributed by atoms with E-state index in [0.29, 0.717) is 6.42 Å². The Labute approximate surface area is 121 Å². The largest absolute Gasteiger partial charge is 0.455 e.